The molecule has 4 heterocycles. The van der Waals surface area contributed by atoms with Crippen molar-refractivity contribution in [3.8, 4) is 11.1 Å². The number of nitrogens with zero attached hydrogens (tertiary/aromatic N) is 1. The molecule has 3 aromatic carbocycles. The Bertz CT molecular complexity index is 2100. The molecule has 2 aliphatic carbocycles. The van der Waals surface area contributed by atoms with E-state index in [9.17, 15) is 0 Å². The van der Waals surface area contributed by atoms with Gasteiger partial charge in [-0.3, -0.25) is 0 Å². The smallest absolute Gasteiger partial charge is 0.0579 e. The van der Waals surface area contributed by atoms with Crippen LogP contribution >= 0.6 is 11.3 Å². The maximum absolute atomic E-state index is 2.73. The first-order valence-electron chi connectivity index (χ1n) is 14.1. The lowest BCUT2D eigenvalue weighted by atomic mass is 9.61. The number of benzene rings is 3. The molecule has 0 N–H and O–H groups in total. The molecule has 0 saturated carbocycles. The molecule has 5 aromatic rings. The molecule has 1 unspecified atom stereocenters. The van der Waals surface area contributed by atoms with Crippen molar-refractivity contribution in [1.82, 2.24) is 4.57 Å². The van der Waals surface area contributed by atoms with Crippen LogP contribution in [0.4, 0.5) is 0 Å². The molecule has 0 spiro atoms. The van der Waals surface area contributed by atoms with E-state index in [0.29, 0.717) is 5.92 Å². The standard InChI is InChI=1S/C36H31NS/c1-35(2)26-14-8-12-23-25-18-20(21-11-7-13-24-22-10-5-6-17-30(22)38-34(21)24)19-29-32(25)37(31(23)26)33-27(35)15-9-16-28(33)36(29,3)4/h5-7,9-13,16-19,27H,8,14-15H2,1-4H3. The molecule has 2 aromatic heterocycles. The largest absolute Gasteiger partial charge is 0.312 e. The molecule has 0 amide bonds. The van der Waals surface area contributed by atoms with Gasteiger partial charge in [0.25, 0.3) is 0 Å². The predicted molar refractivity (Wildman–Crippen MR) is 164 cm³/mol. The first-order chi connectivity index (χ1) is 18.4. The summed E-state index contributed by atoms with van der Waals surface area (Å²) in [6.07, 6.45) is 10.9. The molecule has 38 heavy (non-hydrogen) atoms. The molecule has 1 nitrogen and oxygen atoms in total. The van der Waals surface area contributed by atoms with Crippen LogP contribution in [0.3, 0.4) is 0 Å². The summed E-state index contributed by atoms with van der Waals surface area (Å²) in [5.41, 5.74) is 10.6. The molecule has 4 aliphatic rings. The number of hydrogen-bond acceptors (Lipinski definition) is 1. The van der Waals surface area contributed by atoms with Crippen LogP contribution in [0, 0.1) is 11.3 Å². The second kappa shape index (κ2) is 6.79. The quantitative estimate of drug-likeness (QED) is 0.213. The Hall–Kier alpha value is -3.36. The zero-order valence-corrected chi connectivity index (χ0v) is 23.3. The fraction of sp³-hybridized carbons (Fsp3) is 0.278. The minimum absolute atomic E-state index is 0.0443. The molecule has 0 radical (unpaired) electrons. The van der Waals surface area contributed by atoms with E-state index in [1.807, 2.05) is 11.3 Å². The second-order valence-electron chi connectivity index (χ2n) is 12.9. The van der Waals surface area contributed by atoms with E-state index >= 15 is 0 Å². The average molecular weight is 510 g/mol. The van der Waals surface area contributed by atoms with Crippen LogP contribution in [0.2, 0.25) is 0 Å². The molecule has 0 bridgehead atoms. The monoisotopic (exact) mass is 509 g/mol. The van der Waals surface area contributed by atoms with Crippen molar-refractivity contribution in [1.29, 1.82) is 0 Å². The molecule has 9 rings (SSSR count). The highest BCUT2D eigenvalue weighted by Crippen LogP contribution is 2.56. The first-order valence-corrected chi connectivity index (χ1v) is 14.9. The number of allylic oxidation sites excluding steroid dienone is 4. The number of thiophene rings is 1. The maximum Gasteiger partial charge on any atom is 0.0579 e. The Morgan fingerprint density at radius 2 is 1.76 bits per heavy atom. The molecule has 1 atom stereocenters. The van der Waals surface area contributed by atoms with Crippen LogP contribution in [0.15, 0.2) is 72.3 Å². The average Bonchev–Trinajstić information content (AvgIpc) is 3.47. The zero-order chi connectivity index (χ0) is 25.6. The van der Waals surface area contributed by atoms with Crippen LogP contribution in [-0.4, -0.2) is 4.57 Å². The Morgan fingerprint density at radius 1 is 0.921 bits per heavy atom. The normalized spacial score (nSPS) is 22.0. The summed E-state index contributed by atoms with van der Waals surface area (Å²) in [5, 5.41) is 7.20. The van der Waals surface area contributed by atoms with E-state index in [1.165, 1.54) is 70.3 Å². The van der Waals surface area contributed by atoms with Gasteiger partial charge in [0.15, 0.2) is 0 Å². The highest BCUT2D eigenvalue weighted by Gasteiger charge is 2.48. The highest BCUT2D eigenvalue weighted by atomic mass is 32.1. The van der Waals surface area contributed by atoms with Crippen LogP contribution in [0.1, 0.15) is 52.5 Å². The van der Waals surface area contributed by atoms with Gasteiger partial charge in [-0.25, -0.2) is 0 Å². The Morgan fingerprint density at radius 3 is 2.66 bits per heavy atom. The molecular weight excluding hydrogens is 478 g/mol. The topological polar surface area (TPSA) is 4.93 Å². The third kappa shape index (κ3) is 2.36. The van der Waals surface area contributed by atoms with Gasteiger partial charge in [-0.05, 0) is 70.7 Å². The third-order valence-corrected chi connectivity index (χ3v) is 11.6. The third-order valence-electron chi connectivity index (χ3n) is 10.3. The summed E-state index contributed by atoms with van der Waals surface area (Å²) in [4.78, 5) is 0. The predicted octanol–water partition coefficient (Wildman–Crippen LogP) is 8.52. The van der Waals surface area contributed by atoms with Gasteiger partial charge in [0.1, 0.15) is 0 Å². The minimum Gasteiger partial charge on any atom is -0.312 e. The SMILES string of the molecule is CC1(C)C2=C3C(CC=C2)C(C)(C)C2=c4c(c5cc(-c6cccc7c6sc6ccccc67)cc1c5n43)=CCC2. The lowest BCUT2D eigenvalue weighted by Crippen LogP contribution is -2.48. The van der Waals surface area contributed by atoms with Crippen molar-refractivity contribution in [3.05, 3.63) is 88.5 Å². The lowest BCUT2D eigenvalue weighted by molar-refractivity contribution is 0.333. The molecule has 2 aliphatic heterocycles. The van der Waals surface area contributed by atoms with E-state index in [-0.39, 0.29) is 10.8 Å². The van der Waals surface area contributed by atoms with Crippen LogP contribution in [-0.2, 0) is 5.41 Å². The van der Waals surface area contributed by atoms with E-state index in [2.05, 4.69) is 105 Å². The second-order valence-corrected chi connectivity index (χ2v) is 13.9. The van der Waals surface area contributed by atoms with Crippen molar-refractivity contribution < 1.29 is 0 Å². The number of rotatable bonds is 1. The van der Waals surface area contributed by atoms with Gasteiger partial charge >= 0.3 is 0 Å². The zero-order valence-electron chi connectivity index (χ0n) is 22.5. The van der Waals surface area contributed by atoms with Crippen molar-refractivity contribution in [2.75, 3.05) is 0 Å². The Labute approximate surface area is 227 Å². The van der Waals surface area contributed by atoms with Gasteiger partial charge < -0.3 is 4.57 Å². The van der Waals surface area contributed by atoms with Crippen LogP contribution < -0.4 is 10.6 Å². The summed E-state index contributed by atoms with van der Waals surface area (Å²) in [7, 11) is 0. The molecule has 0 saturated heterocycles. The fourth-order valence-corrected chi connectivity index (χ4v) is 9.64. The summed E-state index contributed by atoms with van der Waals surface area (Å²) in [6.45, 7) is 9.96. The Kier molecular flexibility index (Phi) is 3.85. The summed E-state index contributed by atoms with van der Waals surface area (Å²) >= 11 is 1.94. The van der Waals surface area contributed by atoms with Gasteiger partial charge in [0.05, 0.1) is 10.9 Å². The van der Waals surface area contributed by atoms with Crippen LogP contribution in [0.25, 0.3) is 59.5 Å². The van der Waals surface area contributed by atoms with Crippen molar-refractivity contribution in [2.45, 2.75) is 52.4 Å². The number of hydrogen-bond donors (Lipinski definition) is 0. The Balaban J connectivity index is 1.47. The molecule has 186 valence electrons. The summed E-state index contributed by atoms with van der Waals surface area (Å²) in [5.74, 6) is 0.547. The molecular formula is C36H31NS. The first kappa shape index (κ1) is 21.6. The number of aromatic nitrogens is 1. The molecule has 2 heteroatoms. The summed E-state index contributed by atoms with van der Waals surface area (Å²) < 4.78 is 5.51. The van der Waals surface area contributed by atoms with Gasteiger partial charge in [0, 0.05) is 47.8 Å². The van der Waals surface area contributed by atoms with E-state index in [1.54, 1.807) is 11.3 Å². The van der Waals surface area contributed by atoms with Crippen LogP contribution in [0.5, 0.6) is 0 Å². The van der Waals surface area contributed by atoms with Crippen molar-refractivity contribution in [3.63, 3.8) is 0 Å². The summed E-state index contributed by atoms with van der Waals surface area (Å²) in [6, 6.07) is 20.8. The van der Waals surface area contributed by atoms with E-state index < -0.39 is 0 Å². The van der Waals surface area contributed by atoms with Crippen molar-refractivity contribution >= 4 is 59.8 Å². The van der Waals surface area contributed by atoms with E-state index in [4.69, 9.17) is 0 Å². The fourth-order valence-electron chi connectivity index (χ4n) is 8.40. The van der Waals surface area contributed by atoms with Gasteiger partial charge in [-0.1, -0.05) is 82.3 Å². The van der Waals surface area contributed by atoms with Gasteiger partial charge in [-0.15, -0.1) is 11.3 Å². The van der Waals surface area contributed by atoms with E-state index in [0.717, 1.165) is 12.8 Å². The number of fused-ring (bicyclic) bond motifs is 4. The van der Waals surface area contributed by atoms with Gasteiger partial charge in [0.2, 0.25) is 0 Å². The highest BCUT2D eigenvalue weighted by molar-refractivity contribution is 7.26. The van der Waals surface area contributed by atoms with Crippen molar-refractivity contribution in [2.24, 2.45) is 11.3 Å². The minimum atomic E-state index is -0.0443. The maximum atomic E-state index is 2.73. The van der Waals surface area contributed by atoms with Gasteiger partial charge in [-0.2, -0.15) is 0 Å². The lowest BCUT2D eigenvalue weighted by Gasteiger charge is -2.48. The molecule has 0 fully saturated rings.